The fourth-order valence-corrected chi connectivity index (χ4v) is 2.63. The zero-order chi connectivity index (χ0) is 12.8. The van der Waals surface area contributed by atoms with Crippen LogP contribution in [0.15, 0.2) is 36.5 Å². The number of fused-ring (bicyclic) bond motifs is 1. The molecule has 0 saturated heterocycles. The third-order valence-corrected chi connectivity index (χ3v) is 3.67. The van der Waals surface area contributed by atoms with E-state index in [0.29, 0.717) is 6.04 Å². The second-order valence-corrected chi connectivity index (χ2v) is 5.29. The molecule has 2 rings (SSSR count). The number of hydrogen-bond acceptors (Lipinski definition) is 2. The molecule has 0 amide bonds. The van der Waals surface area contributed by atoms with E-state index in [1.54, 1.807) is 0 Å². The fraction of sp³-hybridized carbons (Fsp3) is 0.400. The third-order valence-electron chi connectivity index (χ3n) is 3.21. The highest BCUT2D eigenvalue weighted by atomic mass is 79.9. The van der Waals surface area contributed by atoms with Crippen molar-refractivity contribution < 1.29 is 0 Å². The Morgan fingerprint density at radius 1 is 1.33 bits per heavy atom. The molecule has 0 aliphatic carbocycles. The summed E-state index contributed by atoms with van der Waals surface area (Å²) in [6.07, 6.45) is 4.18. The van der Waals surface area contributed by atoms with E-state index >= 15 is 0 Å². The van der Waals surface area contributed by atoms with E-state index in [4.69, 9.17) is 0 Å². The maximum absolute atomic E-state index is 4.34. The van der Waals surface area contributed by atoms with Crippen LogP contribution in [0.5, 0.6) is 0 Å². The summed E-state index contributed by atoms with van der Waals surface area (Å²) in [6.45, 7) is 3.15. The van der Waals surface area contributed by atoms with Crippen molar-refractivity contribution in [2.45, 2.75) is 32.4 Å². The summed E-state index contributed by atoms with van der Waals surface area (Å²) in [5.74, 6) is 0. The Bertz CT molecular complexity index is 499. The van der Waals surface area contributed by atoms with Gasteiger partial charge < -0.3 is 5.32 Å². The number of nitrogens with one attached hydrogen (secondary N) is 1. The van der Waals surface area contributed by atoms with E-state index in [9.17, 15) is 0 Å². The van der Waals surface area contributed by atoms with Crippen LogP contribution in [0.2, 0.25) is 0 Å². The minimum atomic E-state index is 0.592. The first-order valence-corrected chi connectivity index (χ1v) is 7.58. The van der Waals surface area contributed by atoms with Gasteiger partial charge in [-0.1, -0.05) is 35.0 Å². The van der Waals surface area contributed by atoms with Crippen LogP contribution in [0.4, 0.5) is 0 Å². The summed E-state index contributed by atoms with van der Waals surface area (Å²) in [7, 11) is 0. The topological polar surface area (TPSA) is 24.9 Å². The molecular formula is C15H19BrN2. The van der Waals surface area contributed by atoms with Crippen LogP contribution in [-0.2, 0) is 6.54 Å². The predicted molar refractivity (Wildman–Crippen MR) is 81.1 cm³/mol. The minimum absolute atomic E-state index is 0.592. The minimum Gasteiger partial charge on any atom is -0.310 e. The molecule has 3 heteroatoms. The highest BCUT2D eigenvalue weighted by Gasteiger charge is 2.04. The Kier molecular flexibility index (Phi) is 5.14. The standard InChI is InChI=1S/C15H19BrN2/c1-2-14(7-8-16)18-11-12-5-6-15-13(10-12)4-3-9-17-15/h3-6,9-10,14,18H,2,7-8,11H2,1H3. The van der Waals surface area contributed by atoms with Crippen LogP contribution in [0.3, 0.4) is 0 Å². The number of hydrogen-bond donors (Lipinski definition) is 1. The molecular weight excluding hydrogens is 288 g/mol. The molecule has 18 heavy (non-hydrogen) atoms. The van der Waals surface area contributed by atoms with Crippen molar-refractivity contribution in [3.8, 4) is 0 Å². The number of benzene rings is 1. The quantitative estimate of drug-likeness (QED) is 0.819. The lowest BCUT2D eigenvalue weighted by atomic mass is 10.1. The first kappa shape index (κ1) is 13.5. The van der Waals surface area contributed by atoms with E-state index in [1.165, 1.54) is 23.8 Å². The number of rotatable bonds is 6. The van der Waals surface area contributed by atoms with Crippen LogP contribution >= 0.6 is 15.9 Å². The fourth-order valence-electron chi connectivity index (χ4n) is 2.08. The molecule has 1 atom stereocenters. The summed E-state index contributed by atoms with van der Waals surface area (Å²) in [6, 6.07) is 11.2. The number of halogens is 1. The third kappa shape index (κ3) is 3.53. The molecule has 1 N–H and O–H groups in total. The number of nitrogens with zero attached hydrogens (tertiary/aromatic N) is 1. The van der Waals surface area contributed by atoms with Crippen molar-refractivity contribution in [3.63, 3.8) is 0 Å². The van der Waals surface area contributed by atoms with Gasteiger partial charge in [0.2, 0.25) is 0 Å². The lowest BCUT2D eigenvalue weighted by Gasteiger charge is -2.15. The van der Waals surface area contributed by atoms with Crippen molar-refractivity contribution in [2.75, 3.05) is 5.33 Å². The van der Waals surface area contributed by atoms with E-state index < -0.39 is 0 Å². The van der Waals surface area contributed by atoms with Gasteiger partial charge in [-0.05, 0) is 36.6 Å². The second-order valence-electron chi connectivity index (χ2n) is 4.49. The van der Waals surface area contributed by atoms with Crippen molar-refractivity contribution in [1.29, 1.82) is 0 Å². The van der Waals surface area contributed by atoms with Crippen LogP contribution in [0, 0.1) is 0 Å². The average molecular weight is 307 g/mol. The molecule has 96 valence electrons. The van der Waals surface area contributed by atoms with Gasteiger partial charge >= 0.3 is 0 Å². The average Bonchev–Trinajstić information content (AvgIpc) is 2.43. The first-order valence-electron chi connectivity index (χ1n) is 6.46. The Morgan fingerprint density at radius 2 is 2.22 bits per heavy atom. The number of alkyl halides is 1. The largest absolute Gasteiger partial charge is 0.310 e. The summed E-state index contributed by atoms with van der Waals surface area (Å²) in [4.78, 5) is 4.34. The molecule has 2 nitrogen and oxygen atoms in total. The van der Waals surface area contributed by atoms with Gasteiger partial charge in [-0.15, -0.1) is 0 Å². The normalized spacial score (nSPS) is 12.8. The van der Waals surface area contributed by atoms with Gasteiger partial charge in [0.1, 0.15) is 0 Å². The van der Waals surface area contributed by atoms with Gasteiger partial charge in [-0.25, -0.2) is 0 Å². The number of aromatic nitrogens is 1. The molecule has 0 radical (unpaired) electrons. The molecule has 0 bridgehead atoms. The lowest BCUT2D eigenvalue weighted by Crippen LogP contribution is -2.28. The maximum Gasteiger partial charge on any atom is 0.0702 e. The summed E-state index contributed by atoms with van der Waals surface area (Å²) >= 11 is 3.50. The van der Waals surface area contributed by atoms with Crippen LogP contribution in [0.1, 0.15) is 25.3 Å². The molecule has 0 aliphatic rings. The predicted octanol–water partition coefficient (Wildman–Crippen LogP) is 3.89. The molecule has 0 aliphatic heterocycles. The van der Waals surface area contributed by atoms with E-state index in [1.807, 2.05) is 12.3 Å². The Labute approximate surface area is 117 Å². The molecule has 1 aromatic heterocycles. The van der Waals surface area contributed by atoms with Gasteiger partial charge in [0, 0.05) is 29.5 Å². The van der Waals surface area contributed by atoms with Gasteiger partial charge in [0.15, 0.2) is 0 Å². The van der Waals surface area contributed by atoms with Gasteiger partial charge in [-0.3, -0.25) is 4.98 Å². The van der Waals surface area contributed by atoms with Crippen molar-refractivity contribution in [3.05, 3.63) is 42.1 Å². The highest BCUT2D eigenvalue weighted by Crippen LogP contribution is 2.13. The zero-order valence-corrected chi connectivity index (χ0v) is 12.3. The van der Waals surface area contributed by atoms with Gasteiger partial charge in [0.05, 0.1) is 5.52 Å². The zero-order valence-electron chi connectivity index (χ0n) is 10.7. The summed E-state index contributed by atoms with van der Waals surface area (Å²) in [5.41, 5.74) is 2.39. The smallest absolute Gasteiger partial charge is 0.0702 e. The Hall–Kier alpha value is -0.930. The van der Waals surface area contributed by atoms with Crippen molar-refractivity contribution in [2.24, 2.45) is 0 Å². The van der Waals surface area contributed by atoms with Gasteiger partial charge in [-0.2, -0.15) is 0 Å². The second kappa shape index (κ2) is 6.86. The van der Waals surface area contributed by atoms with E-state index in [-0.39, 0.29) is 0 Å². The van der Waals surface area contributed by atoms with Crippen molar-refractivity contribution in [1.82, 2.24) is 10.3 Å². The first-order chi connectivity index (χ1) is 8.83. The van der Waals surface area contributed by atoms with Crippen LogP contribution in [-0.4, -0.2) is 16.4 Å². The van der Waals surface area contributed by atoms with Crippen LogP contribution in [0.25, 0.3) is 10.9 Å². The van der Waals surface area contributed by atoms with E-state index in [0.717, 1.165) is 17.4 Å². The summed E-state index contributed by atoms with van der Waals surface area (Å²) < 4.78 is 0. The molecule has 0 fully saturated rings. The van der Waals surface area contributed by atoms with Crippen LogP contribution < -0.4 is 5.32 Å². The number of pyridine rings is 1. The summed E-state index contributed by atoms with van der Waals surface area (Å²) in [5, 5.41) is 5.87. The molecule has 0 saturated carbocycles. The molecule has 1 unspecified atom stereocenters. The lowest BCUT2D eigenvalue weighted by molar-refractivity contribution is 0.488. The SMILES string of the molecule is CCC(CCBr)NCc1ccc2ncccc2c1. The van der Waals surface area contributed by atoms with Gasteiger partial charge in [0.25, 0.3) is 0 Å². The maximum atomic E-state index is 4.34. The molecule has 1 aromatic carbocycles. The monoisotopic (exact) mass is 306 g/mol. The highest BCUT2D eigenvalue weighted by molar-refractivity contribution is 9.09. The van der Waals surface area contributed by atoms with Crippen molar-refractivity contribution >= 4 is 26.8 Å². The Balaban J connectivity index is 2.03. The van der Waals surface area contributed by atoms with E-state index in [2.05, 4.69) is 57.4 Å². The Morgan fingerprint density at radius 3 is 3.00 bits per heavy atom. The molecule has 0 spiro atoms. The molecule has 2 aromatic rings. The molecule has 1 heterocycles.